The largest absolute Gasteiger partial charge is 0.388 e. The van der Waals surface area contributed by atoms with E-state index < -0.39 is 0 Å². The maximum atomic E-state index is 10.1. The number of likely N-dealkylation sites (N-methyl/N-ethyl adjacent to an activating group) is 1. The lowest BCUT2D eigenvalue weighted by molar-refractivity contribution is 0.174. The van der Waals surface area contributed by atoms with Crippen molar-refractivity contribution in [1.82, 2.24) is 4.90 Å². The van der Waals surface area contributed by atoms with Gasteiger partial charge in [0.25, 0.3) is 0 Å². The number of anilines is 1. The van der Waals surface area contributed by atoms with Crippen molar-refractivity contribution in [3.8, 4) is 0 Å². The summed E-state index contributed by atoms with van der Waals surface area (Å²) in [5.74, 6) is 0. The van der Waals surface area contributed by atoms with Gasteiger partial charge in [-0.2, -0.15) is 0 Å². The number of rotatable bonds is 4. The molecule has 0 spiro atoms. The normalized spacial score (nSPS) is 21.6. The number of para-hydroxylation sites is 1. The van der Waals surface area contributed by atoms with Gasteiger partial charge in [-0.1, -0.05) is 25.1 Å². The maximum Gasteiger partial charge on any atom is 0.0807 e. The average molecular weight is 248 g/mol. The zero-order valence-electron chi connectivity index (χ0n) is 11.6. The molecule has 0 amide bonds. The number of nitrogens with zero attached hydrogens (tertiary/aromatic N) is 2. The van der Waals surface area contributed by atoms with Gasteiger partial charge in [-0.15, -0.1) is 0 Å². The molecule has 1 saturated heterocycles. The quantitative estimate of drug-likeness (QED) is 0.885. The van der Waals surface area contributed by atoms with Crippen LogP contribution in [0.1, 0.15) is 31.4 Å². The van der Waals surface area contributed by atoms with Crippen molar-refractivity contribution in [2.45, 2.75) is 31.9 Å². The highest BCUT2D eigenvalue weighted by Gasteiger charge is 2.26. The predicted molar refractivity (Wildman–Crippen MR) is 76.0 cm³/mol. The van der Waals surface area contributed by atoms with E-state index in [1.165, 1.54) is 12.1 Å². The molecular weight excluding hydrogens is 224 g/mol. The van der Waals surface area contributed by atoms with Crippen molar-refractivity contribution < 1.29 is 5.11 Å². The molecule has 1 aliphatic heterocycles. The Morgan fingerprint density at radius 3 is 2.72 bits per heavy atom. The molecule has 2 unspecified atom stereocenters. The van der Waals surface area contributed by atoms with Crippen molar-refractivity contribution in [3.05, 3.63) is 29.8 Å². The Kier molecular flexibility index (Phi) is 4.25. The molecule has 1 aromatic carbocycles. The zero-order chi connectivity index (χ0) is 13.1. The number of benzene rings is 1. The zero-order valence-corrected chi connectivity index (χ0v) is 11.6. The minimum Gasteiger partial charge on any atom is -0.388 e. The van der Waals surface area contributed by atoms with Crippen LogP contribution in [0.25, 0.3) is 0 Å². The molecule has 3 heteroatoms. The Bertz CT molecular complexity index is 392. The van der Waals surface area contributed by atoms with Gasteiger partial charge in [0.1, 0.15) is 0 Å². The van der Waals surface area contributed by atoms with Crippen LogP contribution < -0.4 is 4.90 Å². The smallest absolute Gasteiger partial charge is 0.0807 e. The minimum absolute atomic E-state index is 0.348. The molecule has 1 fully saturated rings. The van der Waals surface area contributed by atoms with Crippen LogP contribution in [0.4, 0.5) is 5.69 Å². The topological polar surface area (TPSA) is 26.7 Å². The van der Waals surface area contributed by atoms with Gasteiger partial charge < -0.3 is 14.9 Å². The van der Waals surface area contributed by atoms with Crippen LogP contribution in [-0.4, -0.2) is 43.2 Å². The van der Waals surface area contributed by atoms with Crippen LogP contribution in [0, 0.1) is 0 Å². The monoisotopic (exact) mass is 248 g/mol. The molecule has 0 aromatic heterocycles. The molecule has 2 atom stereocenters. The second-order valence-electron chi connectivity index (χ2n) is 5.33. The molecule has 0 aliphatic carbocycles. The third-order valence-electron chi connectivity index (χ3n) is 3.92. The first-order valence-corrected chi connectivity index (χ1v) is 6.81. The summed E-state index contributed by atoms with van der Waals surface area (Å²) >= 11 is 0. The van der Waals surface area contributed by atoms with Crippen molar-refractivity contribution in [2.24, 2.45) is 0 Å². The molecule has 2 rings (SSSR count). The van der Waals surface area contributed by atoms with Crippen LogP contribution in [0.3, 0.4) is 0 Å². The van der Waals surface area contributed by atoms with Gasteiger partial charge in [0, 0.05) is 30.4 Å². The summed E-state index contributed by atoms with van der Waals surface area (Å²) in [6.45, 7) is 4.16. The Morgan fingerprint density at radius 2 is 2.11 bits per heavy atom. The molecule has 100 valence electrons. The Labute approximate surface area is 110 Å². The molecule has 1 aliphatic rings. The van der Waals surface area contributed by atoms with Crippen molar-refractivity contribution in [1.29, 1.82) is 0 Å². The Morgan fingerprint density at radius 1 is 1.39 bits per heavy atom. The van der Waals surface area contributed by atoms with Gasteiger partial charge >= 0.3 is 0 Å². The lowest BCUT2D eigenvalue weighted by Gasteiger charge is -2.25. The van der Waals surface area contributed by atoms with Crippen LogP contribution >= 0.6 is 0 Å². The van der Waals surface area contributed by atoms with Gasteiger partial charge in [-0.05, 0) is 33.0 Å². The van der Waals surface area contributed by atoms with E-state index in [0.29, 0.717) is 6.04 Å². The van der Waals surface area contributed by atoms with E-state index in [1.54, 1.807) is 0 Å². The van der Waals surface area contributed by atoms with Crippen molar-refractivity contribution in [2.75, 3.05) is 32.1 Å². The van der Waals surface area contributed by atoms with Crippen molar-refractivity contribution >= 4 is 5.69 Å². The van der Waals surface area contributed by atoms with E-state index in [1.807, 2.05) is 19.1 Å². The molecule has 0 radical (unpaired) electrons. The molecule has 18 heavy (non-hydrogen) atoms. The van der Waals surface area contributed by atoms with Crippen LogP contribution in [-0.2, 0) is 0 Å². The number of hydrogen-bond donors (Lipinski definition) is 1. The summed E-state index contributed by atoms with van der Waals surface area (Å²) in [6.07, 6.45) is 1.62. The molecule has 3 nitrogen and oxygen atoms in total. The average Bonchev–Trinajstić information content (AvgIpc) is 2.87. The van der Waals surface area contributed by atoms with Gasteiger partial charge in [-0.3, -0.25) is 0 Å². The highest BCUT2D eigenvalue weighted by atomic mass is 16.3. The third kappa shape index (κ3) is 2.68. The molecule has 0 bridgehead atoms. The molecular formula is C15H24N2O. The molecule has 1 N–H and O–H groups in total. The standard InChI is InChI=1S/C15H24N2O/c1-4-15(18)13-7-5-6-8-14(13)17-10-9-12(11-17)16(2)3/h5-8,12,15,18H,4,9-11H2,1-3H3. The number of hydrogen-bond acceptors (Lipinski definition) is 3. The fourth-order valence-corrected chi connectivity index (χ4v) is 2.66. The van der Waals surface area contributed by atoms with Gasteiger partial charge in [-0.25, -0.2) is 0 Å². The van der Waals surface area contributed by atoms with Crippen LogP contribution in [0.2, 0.25) is 0 Å². The van der Waals surface area contributed by atoms with Gasteiger partial charge in [0.2, 0.25) is 0 Å². The summed E-state index contributed by atoms with van der Waals surface area (Å²) in [6, 6.07) is 8.87. The van der Waals surface area contributed by atoms with E-state index in [4.69, 9.17) is 0 Å². The van der Waals surface area contributed by atoms with E-state index >= 15 is 0 Å². The lowest BCUT2D eigenvalue weighted by atomic mass is 10.0. The minimum atomic E-state index is -0.348. The first-order valence-electron chi connectivity index (χ1n) is 6.81. The Hall–Kier alpha value is -1.06. The SMILES string of the molecule is CCC(O)c1ccccc1N1CCC(N(C)C)C1. The summed E-state index contributed by atoms with van der Waals surface area (Å²) in [7, 11) is 4.28. The van der Waals surface area contributed by atoms with E-state index in [0.717, 1.165) is 25.1 Å². The summed E-state index contributed by atoms with van der Waals surface area (Å²) in [5.41, 5.74) is 2.27. The molecule has 1 aromatic rings. The van der Waals surface area contributed by atoms with Gasteiger partial charge in [0.05, 0.1) is 6.10 Å². The van der Waals surface area contributed by atoms with Gasteiger partial charge in [0.15, 0.2) is 0 Å². The second-order valence-corrected chi connectivity index (χ2v) is 5.33. The maximum absolute atomic E-state index is 10.1. The highest BCUT2D eigenvalue weighted by molar-refractivity contribution is 5.55. The first-order chi connectivity index (χ1) is 8.63. The third-order valence-corrected chi connectivity index (χ3v) is 3.92. The van der Waals surface area contributed by atoms with Crippen LogP contribution in [0.15, 0.2) is 24.3 Å². The lowest BCUT2D eigenvalue weighted by Crippen LogP contribution is -2.31. The molecule has 0 saturated carbocycles. The number of aliphatic hydroxyl groups excluding tert-OH is 1. The van der Waals surface area contributed by atoms with E-state index in [9.17, 15) is 5.11 Å². The summed E-state index contributed by atoms with van der Waals surface area (Å²) in [5, 5.41) is 10.1. The van der Waals surface area contributed by atoms with E-state index in [2.05, 4.69) is 36.0 Å². The van der Waals surface area contributed by atoms with Crippen molar-refractivity contribution in [3.63, 3.8) is 0 Å². The predicted octanol–water partition coefficient (Wildman–Crippen LogP) is 2.27. The summed E-state index contributed by atoms with van der Waals surface area (Å²) in [4.78, 5) is 4.69. The first kappa shape index (κ1) is 13.4. The van der Waals surface area contributed by atoms with Crippen LogP contribution in [0.5, 0.6) is 0 Å². The number of aliphatic hydroxyl groups is 1. The molecule has 1 heterocycles. The summed E-state index contributed by atoms with van der Waals surface area (Å²) < 4.78 is 0. The second kappa shape index (κ2) is 5.72. The Balaban J connectivity index is 2.19. The highest BCUT2D eigenvalue weighted by Crippen LogP contribution is 2.30. The fraction of sp³-hybridized carbons (Fsp3) is 0.600. The van der Waals surface area contributed by atoms with E-state index in [-0.39, 0.29) is 6.10 Å². The fourth-order valence-electron chi connectivity index (χ4n) is 2.66.